The van der Waals surface area contributed by atoms with E-state index in [4.69, 9.17) is 9.26 Å². The first-order valence-electron chi connectivity index (χ1n) is 5.23. The van der Waals surface area contributed by atoms with Gasteiger partial charge in [-0.05, 0) is 26.7 Å². The summed E-state index contributed by atoms with van der Waals surface area (Å²) < 4.78 is 10.4. The predicted molar refractivity (Wildman–Crippen MR) is 59.9 cm³/mol. The van der Waals surface area contributed by atoms with Gasteiger partial charge in [-0.15, -0.1) is 0 Å². The highest BCUT2D eigenvalue weighted by Gasteiger charge is 2.37. The lowest BCUT2D eigenvalue weighted by Crippen LogP contribution is -2.34. The summed E-state index contributed by atoms with van der Waals surface area (Å²) in [5.74, 6) is -0.114. The Hall–Kier alpha value is -0.140. The molecule has 0 radical (unpaired) electrons. The fourth-order valence-corrected chi connectivity index (χ4v) is 2.07. The van der Waals surface area contributed by atoms with Crippen LogP contribution in [0.25, 0.3) is 0 Å². The van der Waals surface area contributed by atoms with E-state index < -0.39 is 5.16 Å². The zero-order valence-electron chi connectivity index (χ0n) is 9.55. The third kappa shape index (κ3) is 3.55. The molecule has 0 fully saturated rings. The molecule has 0 saturated carbocycles. The van der Waals surface area contributed by atoms with E-state index in [0.717, 1.165) is 12.8 Å². The second-order valence-electron chi connectivity index (χ2n) is 3.04. The number of hydrogen-bond acceptors (Lipinski definition) is 3. The molecule has 0 aromatic carbocycles. The molecule has 0 aliphatic heterocycles. The van der Waals surface area contributed by atoms with Crippen LogP contribution in [0.2, 0.25) is 0 Å². The van der Waals surface area contributed by atoms with Crippen molar-refractivity contribution in [1.29, 1.82) is 0 Å². The van der Waals surface area contributed by atoms with Crippen molar-refractivity contribution in [3.63, 3.8) is 0 Å². The average molecular weight is 220 g/mol. The zero-order valence-corrected chi connectivity index (χ0v) is 10.6. The van der Waals surface area contributed by atoms with Gasteiger partial charge in [0.1, 0.15) is 5.16 Å². The first kappa shape index (κ1) is 13.9. The molecule has 0 amide bonds. The summed E-state index contributed by atoms with van der Waals surface area (Å²) in [6, 6.07) is 0. The number of carbonyl (C=O) groups is 1. The highest BCUT2D eigenvalue weighted by molar-refractivity contribution is 7.36. The second kappa shape index (κ2) is 7.19. The Balaban J connectivity index is 4.42. The molecule has 0 aromatic heterocycles. The van der Waals surface area contributed by atoms with E-state index in [0.29, 0.717) is 13.2 Å². The summed E-state index contributed by atoms with van der Waals surface area (Å²) in [5, 5.41) is -0.411. The summed E-state index contributed by atoms with van der Waals surface area (Å²) in [4.78, 5) is 11.7. The van der Waals surface area contributed by atoms with Crippen LogP contribution in [0, 0.1) is 0 Å². The van der Waals surface area contributed by atoms with E-state index in [1.54, 1.807) is 0 Å². The molecule has 0 rings (SSSR count). The quantitative estimate of drug-likeness (QED) is 0.489. The highest BCUT2D eigenvalue weighted by Crippen LogP contribution is 2.39. The van der Waals surface area contributed by atoms with E-state index in [9.17, 15) is 4.79 Å². The third-order valence-corrected chi connectivity index (χ3v) is 4.02. The van der Waals surface area contributed by atoms with E-state index in [1.165, 1.54) is 0 Å². The van der Waals surface area contributed by atoms with Crippen molar-refractivity contribution in [3.8, 4) is 0 Å². The maximum absolute atomic E-state index is 11.7. The van der Waals surface area contributed by atoms with Gasteiger partial charge in [-0.2, -0.15) is 0 Å². The molecule has 0 aliphatic carbocycles. The van der Waals surface area contributed by atoms with E-state index in [2.05, 4.69) is 0 Å². The molecule has 0 heterocycles. The van der Waals surface area contributed by atoms with E-state index in [-0.39, 0.29) is 14.8 Å². The molecule has 1 atom stereocenters. The van der Waals surface area contributed by atoms with E-state index in [1.807, 2.05) is 27.7 Å². The standard InChI is InChI=1S/C10H21O3P/c1-5-10(6-2,14-13-8-4)9(11)12-7-3/h14H,5-8H2,1-4H3. The lowest BCUT2D eigenvalue weighted by Gasteiger charge is -2.27. The molecule has 0 aliphatic rings. The van der Waals surface area contributed by atoms with Crippen molar-refractivity contribution in [2.75, 3.05) is 13.2 Å². The van der Waals surface area contributed by atoms with Crippen LogP contribution >= 0.6 is 8.81 Å². The Morgan fingerprint density at radius 3 is 2.07 bits per heavy atom. The molecule has 1 unspecified atom stereocenters. The smallest absolute Gasteiger partial charge is 0.318 e. The maximum atomic E-state index is 11.7. The minimum atomic E-state index is -0.411. The van der Waals surface area contributed by atoms with Gasteiger partial charge in [-0.25, -0.2) is 0 Å². The minimum Gasteiger partial charge on any atom is -0.465 e. The number of carbonyl (C=O) groups excluding carboxylic acids is 1. The topological polar surface area (TPSA) is 35.5 Å². The number of hydrogen-bond donors (Lipinski definition) is 0. The van der Waals surface area contributed by atoms with Crippen LogP contribution in [-0.2, 0) is 14.1 Å². The summed E-state index contributed by atoms with van der Waals surface area (Å²) >= 11 is 0. The van der Waals surface area contributed by atoms with Gasteiger partial charge in [0.05, 0.1) is 6.61 Å². The summed E-state index contributed by atoms with van der Waals surface area (Å²) in [6.45, 7) is 8.88. The summed E-state index contributed by atoms with van der Waals surface area (Å²) in [6.07, 6.45) is 1.56. The van der Waals surface area contributed by atoms with Crippen LogP contribution in [0.1, 0.15) is 40.5 Å². The number of esters is 1. The van der Waals surface area contributed by atoms with Crippen molar-refractivity contribution >= 4 is 14.8 Å². The fourth-order valence-electron chi connectivity index (χ4n) is 1.20. The third-order valence-electron chi connectivity index (χ3n) is 2.29. The maximum Gasteiger partial charge on any atom is 0.318 e. The van der Waals surface area contributed by atoms with Gasteiger partial charge in [-0.3, -0.25) is 4.79 Å². The molecule has 0 N–H and O–H groups in total. The van der Waals surface area contributed by atoms with Crippen molar-refractivity contribution in [3.05, 3.63) is 0 Å². The minimum absolute atomic E-state index is 0.114. The van der Waals surface area contributed by atoms with Crippen LogP contribution < -0.4 is 0 Å². The van der Waals surface area contributed by atoms with Crippen molar-refractivity contribution < 1.29 is 14.1 Å². The van der Waals surface area contributed by atoms with Gasteiger partial charge >= 0.3 is 5.97 Å². The average Bonchev–Trinajstić information content (AvgIpc) is 2.21. The molecule has 0 spiro atoms. The van der Waals surface area contributed by atoms with Gasteiger partial charge in [0.2, 0.25) is 0 Å². The van der Waals surface area contributed by atoms with Crippen molar-refractivity contribution in [1.82, 2.24) is 0 Å². The second-order valence-corrected chi connectivity index (χ2v) is 4.49. The first-order chi connectivity index (χ1) is 6.66. The van der Waals surface area contributed by atoms with Crippen LogP contribution in [-0.4, -0.2) is 24.3 Å². The predicted octanol–water partition coefficient (Wildman–Crippen LogP) is 2.74. The lowest BCUT2D eigenvalue weighted by molar-refractivity contribution is -0.146. The molecule has 4 heteroatoms. The Morgan fingerprint density at radius 2 is 1.71 bits per heavy atom. The lowest BCUT2D eigenvalue weighted by atomic mass is 10.0. The van der Waals surface area contributed by atoms with Gasteiger partial charge in [0.25, 0.3) is 0 Å². The van der Waals surface area contributed by atoms with Crippen molar-refractivity contribution in [2.45, 2.75) is 45.7 Å². The largest absolute Gasteiger partial charge is 0.465 e. The Bertz CT molecular complexity index is 167. The van der Waals surface area contributed by atoms with Crippen LogP contribution in [0.3, 0.4) is 0 Å². The van der Waals surface area contributed by atoms with Gasteiger partial charge in [0.15, 0.2) is 0 Å². The molecule has 0 aromatic rings. The molecule has 0 saturated heterocycles. The molecular formula is C10H21O3P. The molecule has 3 nitrogen and oxygen atoms in total. The van der Waals surface area contributed by atoms with E-state index >= 15 is 0 Å². The number of ether oxygens (including phenoxy) is 1. The Morgan fingerprint density at radius 1 is 1.14 bits per heavy atom. The van der Waals surface area contributed by atoms with Gasteiger partial charge in [0, 0.05) is 15.4 Å². The Kier molecular flexibility index (Phi) is 7.12. The SMILES string of the molecule is CCOPC(CC)(CC)C(=O)OCC. The number of rotatable bonds is 7. The molecule has 0 bridgehead atoms. The summed E-state index contributed by atoms with van der Waals surface area (Å²) in [7, 11) is 0.209. The zero-order chi connectivity index (χ0) is 11.0. The normalized spacial score (nSPS) is 12.3. The van der Waals surface area contributed by atoms with Crippen LogP contribution in [0.4, 0.5) is 0 Å². The first-order valence-corrected chi connectivity index (χ1v) is 6.13. The molecular weight excluding hydrogens is 199 g/mol. The monoisotopic (exact) mass is 220 g/mol. The van der Waals surface area contributed by atoms with Crippen LogP contribution in [0.15, 0.2) is 0 Å². The van der Waals surface area contributed by atoms with Gasteiger partial charge < -0.3 is 9.26 Å². The molecule has 84 valence electrons. The van der Waals surface area contributed by atoms with Gasteiger partial charge in [-0.1, -0.05) is 13.8 Å². The van der Waals surface area contributed by atoms with Crippen LogP contribution in [0.5, 0.6) is 0 Å². The fraction of sp³-hybridized carbons (Fsp3) is 0.900. The van der Waals surface area contributed by atoms with Crippen molar-refractivity contribution in [2.24, 2.45) is 0 Å². The molecule has 14 heavy (non-hydrogen) atoms. The highest BCUT2D eigenvalue weighted by atomic mass is 31.1. The Labute approximate surface area is 88.4 Å². The summed E-state index contributed by atoms with van der Waals surface area (Å²) in [5.41, 5.74) is 0.